The maximum absolute atomic E-state index is 14.0. The van der Waals surface area contributed by atoms with Crippen LogP contribution in [0.15, 0.2) is 28.9 Å². The molecule has 0 aliphatic rings. The standard InChI is InChI=1S/C15H19FN2O2/c1-10(2)7-17-8-11-9-18-20-15(11)14-12(16)5-4-6-13(14)19-3/h4-6,9-10,17H,7-8H2,1-3H3. The molecule has 5 heteroatoms. The first-order valence-corrected chi connectivity index (χ1v) is 6.60. The molecular weight excluding hydrogens is 259 g/mol. The number of hydrogen-bond acceptors (Lipinski definition) is 4. The lowest BCUT2D eigenvalue weighted by molar-refractivity contribution is 0.401. The second-order valence-corrected chi connectivity index (χ2v) is 5.02. The second kappa shape index (κ2) is 6.52. The number of rotatable bonds is 6. The van der Waals surface area contributed by atoms with E-state index in [1.165, 1.54) is 13.2 Å². The SMILES string of the molecule is COc1cccc(F)c1-c1oncc1CNCC(C)C. The van der Waals surface area contributed by atoms with Crippen LogP contribution in [0.25, 0.3) is 11.3 Å². The lowest BCUT2D eigenvalue weighted by Gasteiger charge is -2.09. The Labute approximate surface area is 117 Å². The molecule has 0 atom stereocenters. The third-order valence-electron chi connectivity index (χ3n) is 2.93. The fraction of sp³-hybridized carbons (Fsp3) is 0.400. The van der Waals surface area contributed by atoms with Gasteiger partial charge in [-0.2, -0.15) is 0 Å². The Morgan fingerprint density at radius 3 is 2.90 bits per heavy atom. The first-order valence-electron chi connectivity index (χ1n) is 6.60. The molecule has 108 valence electrons. The van der Waals surface area contributed by atoms with Crippen molar-refractivity contribution in [1.29, 1.82) is 0 Å². The number of ether oxygens (including phenoxy) is 1. The maximum Gasteiger partial charge on any atom is 0.178 e. The van der Waals surface area contributed by atoms with E-state index < -0.39 is 0 Å². The average molecular weight is 278 g/mol. The van der Waals surface area contributed by atoms with Gasteiger partial charge in [-0.15, -0.1) is 0 Å². The molecule has 1 N–H and O–H groups in total. The Bertz CT molecular complexity index is 567. The van der Waals surface area contributed by atoms with E-state index in [2.05, 4.69) is 24.3 Å². The minimum absolute atomic E-state index is 0.314. The molecule has 0 aliphatic carbocycles. The van der Waals surface area contributed by atoms with Crippen molar-refractivity contribution < 1.29 is 13.7 Å². The summed E-state index contributed by atoms with van der Waals surface area (Å²) in [5, 5.41) is 7.07. The molecule has 1 aromatic heterocycles. The number of methoxy groups -OCH3 is 1. The van der Waals surface area contributed by atoms with Crippen molar-refractivity contribution in [2.24, 2.45) is 5.92 Å². The van der Waals surface area contributed by atoms with Gasteiger partial charge in [-0.05, 0) is 24.6 Å². The molecule has 20 heavy (non-hydrogen) atoms. The molecule has 2 rings (SSSR count). The average Bonchev–Trinajstić information content (AvgIpc) is 2.86. The van der Waals surface area contributed by atoms with E-state index in [0.29, 0.717) is 29.5 Å². The zero-order valence-corrected chi connectivity index (χ0v) is 11.9. The van der Waals surface area contributed by atoms with Crippen LogP contribution >= 0.6 is 0 Å². The molecule has 1 aromatic carbocycles. The summed E-state index contributed by atoms with van der Waals surface area (Å²) < 4.78 is 24.5. The van der Waals surface area contributed by atoms with Gasteiger partial charge in [0.05, 0.1) is 18.9 Å². The highest BCUT2D eigenvalue weighted by Crippen LogP contribution is 2.34. The van der Waals surface area contributed by atoms with Crippen LogP contribution in [0.1, 0.15) is 19.4 Å². The lowest BCUT2D eigenvalue weighted by Crippen LogP contribution is -2.19. The molecule has 0 unspecified atom stereocenters. The summed E-state index contributed by atoms with van der Waals surface area (Å²) in [5.74, 6) is 1.01. The molecule has 0 saturated carbocycles. The van der Waals surface area contributed by atoms with Crippen LogP contribution < -0.4 is 10.1 Å². The maximum atomic E-state index is 14.0. The molecule has 0 spiro atoms. The molecule has 1 heterocycles. The first-order chi connectivity index (χ1) is 9.63. The van der Waals surface area contributed by atoms with Crippen molar-refractivity contribution in [2.75, 3.05) is 13.7 Å². The van der Waals surface area contributed by atoms with Crippen LogP contribution in [0.4, 0.5) is 4.39 Å². The van der Waals surface area contributed by atoms with Crippen LogP contribution in [-0.4, -0.2) is 18.8 Å². The van der Waals surface area contributed by atoms with E-state index >= 15 is 0 Å². The zero-order chi connectivity index (χ0) is 14.5. The third kappa shape index (κ3) is 3.17. The zero-order valence-electron chi connectivity index (χ0n) is 11.9. The van der Waals surface area contributed by atoms with Gasteiger partial charge in [0.25, 0.3) is 0 Å². The fourth-order valence-corrected chi connectivity index (χ4v) is 1.98. The molecular formula is C15H19FN2O2. The van der Waals surface area contributed by atoms with Gasteiger partial charge >= 0.3 is 0 Å². The number of nitrogens with zero attached hydrogens (tertiary/aromatic N) is 1. The molecule has 0 radical (unpaired) electrons. The van der Waals surface area contributed by atoms with Crippen LogP contribution in [-0.2, 0) is 6.54 Å². The van der Waals surface area contributed by atoms with Crippen molar-refractivity contribution in [3.63, 3.8) is 0 Å². The summed E-state index contributed by atoms with van der Waals surface area (Å²) in [4.78, 5) is 0. The quantitative estimate of drug-likeness (QED) is 0.881. The van der Waals surface area contributed by atoms with Gasteiger partial charge in [0.15, 0.2) is 5.76 Å². The number of nitrogens with one attached hydrogen (secondary N) is 1. The number of aromatic nitrogens is 1. The summed E-state index contributed by atoms with van der Waals surface area (Å²) in [6.45, 7) is 5.70. The molecule has 2 aromatic rings. The van der Waals surface area contributed by atoms with Crippen LogP contribution in [0.2, 0.25) is 0 Å². The molecule has 0 amide bonds. The van der Waals surface area contributed by atoms with E-state index in [1.54, 1.807) is 18.3 Å². The van der Waals surface area contributed by atoms with E-state index in [1.807, 2.05) is 0 Å². The summed E-state index contributed by atoms with van der Waals surface area (Å²) >= 11 is 0. The number of benzene rings is 1. The van der Waals surface area contributed by atoms with E-state index in [9.17, 15) is 4.39 Å². The minimum Gasteiger partial charge on any atom is -0.496 e. The van der Waals surface area contributed by atoms with Crippen LogP contribution in [0, 0.1) is 11.7 Å². The molecule has 4 nitrogen and oxygen atoms in total. The monoisotopic (exact) mass is 278 g/mol. The largest absolute Gasteiger partial charge is 0.496 e. The van der Waals surface area contributed by atoms with E-state index in [-0.39, 0.29) is 5.82 Å². The van der Waals surface area contributed by atoms with Crippen molar-refractivity contribution in [1.82, 2.24) is 10.5 Å². The Hall–Kier alpha value is -1.88. The summed E-state index contributed by atoms with van der Waals surface area (Å²) in [6.07, 6.45) is 1.61. The number of hydrogen-bond donors (Lipinski definition) is 1. The highest BCUT2D eigenvalue weighted by atomic mass is 19.1. The van der Waals surface area contributed by atoms with Gasteiger partial charge in [0, 0.05) is 12.1 Å². The van der Waals surface area contributed by atoms with E-state index in [4.69, 9.17) is 9.26 Å². The van der Waals surface area contributed by atoms with Gasteiger partial charge in [-0.3, -0.25) is 0 Å². The summed E-state index contributed by atoms with van der Waals surface area (Å²) in [7, 11) is 1.51. The van der Waals surface area contributed by atoms with Crippen molar-refractivity contribution in [3.8, 4) is 17.1 Å². The predicted octanol–water partition coefficient (Wildman–Crippen LogP) is 3.23. The molecule has 0 fully saturated rings. The fourth-order valence-electron chi connectivity index (χ4n) is 1.98. The normalized spacial score (nSPS) is 11.1. The van der Waals surface area contributed by atoms with Gasteiger partial charge < -0.3 is 14.6 Å². The Balaban J connectivity index is 2.28. The van der Waals surface area contributed by atoms with Crippen LogP contribution in [0.5, 0.6) is 5.75 Å². The summed E-state index contributed by atoms with van der Waals surface area (Å²) in [6, 6.07) is 4.68. The smallest absolute Gasteiger partial charge is 0.178 e. The topological polar surface area (TPSA) is 47.3 Å². The molecule has 0 bridgehead atoms. The number of halogens is 1. The Kier molecular flexibility index (Phi) is 4.74. The highest BCUT2D eigenvalue weighted by molar-refractivity contribution is 5.68. The second-order valence-electron chi connectivity index (χ2n) is 5.02. The van der Waals surface area contributed by atoms with Gasteiger partial charge in [0.2, 0.25) is 0 Å². The minimum atomic E-state index is -0.383. The Morgan fingerprint density at radius 2 is 2.20 bits per heavy atom. The van der Waals surface area contributed by atoms with Crippen molar-refractivity contribution >= 4 is 0 Å². The highest BCUT2D eigenvalue weighted by Gasteiger charge is 2.19. The predicted molar refractivity (Wildman–Crippen MR) is 75.0 cm³/mol. The van der Waals surface area contributed by atoms with Crippen LogP contribution in [0.3, 0.4) is 0 Å². The Morgan fingerprint density at radius 1 is 1.40 bits per heavy atom. The van der Waals surface area contributed by atoms with Crippen molar-refractivity contribution in [3.05, 3.63) is 35.8 Å². The molecule has 0 saturated heterocycles. The summed E-state index contributed by atoms with van der Waals surface area (Å²) in [5.41, 5.74) is 1.13. The van der Waals surface area contributed by atoms with E-state index in [0.717, 1.165) is 12.1 Å². The molecule has 0 aliphatic heterocycles. The van der Waals surface area contributed by atoms with Crippen molar-refractivity contribution in [2.45, 2.75) is 20.4 Å². The van der Waals surface area contributed by atoms with Gasteiger partial charge in [-0.25, -0.2) is 4.39 Å². The lowest BCUT2D eigenvalue weighted by atomic mass is 10.1. The first kappa shape index (κ1) is 14.5. The third-order valence-corrected chi connectivity index (χ3v) is 2.93. The van der Waals surface area contributed by atoms with Gasteiger partial charge in [0.1, 0.15) is 11.6 Å². The van der Waals surface area contributed by atoms with Gasteiger partial charge in [-0.1, -0.05) is 25.1 Å².